The van der Waals surface area contributed by atoms with Gasteiger partial charge in [0.15, 0.2) is 6.10 Å². The maximum absolute atomic E-state index is 12.8. The molecule has 2 rings (SSSR count). The van der Waals surface area contributed by atoms with Gasteiger partial charge in [0.05, 0.1) is 7.11 Å². The Kier molecular flexibility index (Phi) is 5.20. The molecule has 0 aliphatic rings. The van der Waals surface area contributed by atoms with Crippen molar-refractivity contribution in [1.82, 2.24) is 4.98 Å². The summed E-state index contributed by atoms with van der Waals surface area (Å²) >= 11 is 0. The molecule has 0 radical (unpaired) electrons. The van der Waals surface area contributed by atoms with Crippen LogP contribution in [0, 0.1) is 6.92 Å². The van der Waals surface area contributed by atoms with Crippen LogP contribution in [0.2, 0.25) is 0 Å². The minimum Gasteiger partial charge on any atom is -0.481 e. The summed E-state index contributed by atoms with van der Waals surface area (Å²) < 4.78 is 48.9. The van der Waals surface area contributed by atoms with Gasteiger partial charge >= 0.3 is 12.1 Å². The molecular weight excluding hydrogens is 339 g/mol. The molecule has 2 aromatic rings. The number of ether oxygens (including phenoxy) is 2. The van der Waals surface area contributed by atoms with Crippen molar-refractivity contribution in [1.29, 1.82) is 0 Å². The summed E-state index contributed by atoms with van der Waals surface area (Å²) in [5.41, 5.74) is 0.396. The maximum atomic E-state index is 12.8. The number of hydrogen-bond donors (Lipinski definition) is 1. The topological polar surface area (TPSA) is 68.7 Å². The number of aliphatic carboxylic acids is 1. The number of halogens is 3. The summed E-state index contributed by atoms with van der Waals surface area (Å²) in [4.78, 5) is 14.5. The second-order valence-electron chi connectivity index (χ2n) is 5.35. The van der Waals surface area contributed by atoms with Crippen molar-refractivity contribution in [3.05, 3.63) is 41.6 Å². The van der Waals surface area contributed by atoms with Gasteiger partial charge in [-0.25, -0.2) is 9.78 Å². The second kappa shape index (κ2) is 7.00. The smallest absolute Gasteiger partial charge is 0.433 e. The molecule has 1 aromatic carbocycles. The number of alkyl halides is 3. The quantitative estimate of drug-likeness (QED) is 0.880. The zero-order chi connectivity index (χ0) is 18.8. The van der Waals surface area contributed by atoms with E-state index in [0.29, 0.717) is 5.56 Å². The van der Waals surface area contributed by atoms with E-state index in [2.05, 4.69) is 4.98 Å². The van der Waals surface area contributed by atoms with Gasteiger partial charge in [0, 0.05) is 11.1 Å². The van der Waals surface area contributed by atoms with E-state index < -0.39 is 23.9 Å². The van der Waals surface area contributed by atoms with Crippen molar-refractivity contribution in [3.63, 3.8) is 0 Å². The molecule has 1 unspecified atom stereocenters. The van der Waals surface area contributed by atoms with E-state index in [-0.39, 0.29) is 17.2 Å². The van der Waals surface area contributed by atoms with Gasteiger partial charge in [0.25, 0.3) is 0 Å². The number of carbonyl (C=O) groups is 1. The van der Waals surface area contributed by atoms with E-state index in [1.807, 2.05) is 0 Å². The molecule has 0 amide bonds. The summed E-state index contributed by atoms with van der Waals surface area (Å²) in [5, 5.41) is 9.00. The van der Waals surface area contributed by atoms with Gasteiger partial charge in [-0.15, -0.1) is 0 Å². The lowest BCUT2D eigenvalue weighted by atomic mass is 10.0. The number of aromatic nitrogens is 1. The molecule has 1 heterocycles. The molecule has 0 saturated carbocycles. The number of aryl methyl sites for hydroxylation is 1. The van der Waals surface area contributed by atoms with Gasteiger partial charge in [0.2, 0.25) is 5.88 Å². The van der Waals surface area contributed by atoms with Crippen LogP contribution in [0.4, 0.5) is 13.2 Å². The average Bonchev–Trinajstić information content (AvgIpc) is 2.54. The van der Waals surface area contributed by atoms with Gasteiger partial charge < -0.3 is 14.6 Å². The molecule has 1 N–H and O–H groups in total. The fourth-order valence-corrected chi connectivity index (χ4v) is 2.16. The van der Waals surface area contributed by atoms with Gasteiger partial charge in [-0.2, -0.15) is 13.2 Å². The molecule has 0 fully saturated rings. The lowest BCUT2D eigenvalue weighted by Crippen LogP contribution is -2.23. The van der Waals surface area contributed by atoms with Crippen molar-refractivity contribution < 1.29 is 32.5 Å². The summed E-state index contributed by atoms with van der Waals surface area (Å²) in [6.07, 6.45) is -5.73. The van der Waals surface area contributed by atoms with Crippen LogP contribution in [0.3, 0.4) is 0 Å². The van der Waals surface area contributed by atoms with Crippen LogP contribution in [0.5, 0.6) is 11.6 Å². The van der Waals surface area contributed by atoms with E-state index in [4.69, 9.17) is 14.6 Å². The first kappa shape index (κ1) is 18.6. The normalized spacial score (nSPS) is 12.6. The van der Waals surface area contributed by atoms with Gasteiger partial charge in [-0.1, -0.05) is 11.6 Å². The highest BCUT2D eigenvalue weighted by Gasteiger charge is 2.33. The molecule has 0 bridgehead atoms. The molecule has 25 heavy (non-hydrogen) atoms. The van der Waals surface area contributed by atoms with Crippen LogP contribution in [0.1, 0.15) is 18.2 Å². The number of carboxylic acids is 1. The maximum Gasteiger partial charge on any atom is 0.433 e. The fourth-order valence-electron chi connectivity index (χ4n) is 2.16. The Hall–Kier alpha value is -2.77. The minimum absolute atomic E-state index is 0.209. The summed E-state index contributed by atoms with van der Waals surface area (Å²) in [7, 11) is 1.21. The highest BCUT2D eigenvalue weighted by atomic mass is 19.4. The van der Waals surface area contributed by atoms with Gasteiger partial charge in [-0.3, -0.25) is 0 Å². The SMILES string of the molecule is COc1nc(C(F)(F)F)ccc1-c1cc(C)ccc1OC(C)C(=O)O. The Morgan fingerprint density at radius 3 is 2.44 bits per heavy atom. The predicted octanol–water partition coefficient (Wildman–Crippen LogP) is 3.94. The Morgan fingerprint density at radius 1 is 1.20 bits per heavy atom. The van der Waals surface area contributed by atoms with Crippen molar-refractivity contribution in [3.8, 4) is 22.8 Å². The van der Waals surface area contributed by atoms with E-state index in [1.165, 1.54) is 20.1 Å². The largest absolute Gasteiger partial charge is 0.481 e. The lowest BCUT2D eigenvalue weighted by molar-refractivity contribution is -0.144. The minimum atomic E-state index is -4.60. The molecule has 5 nitrogen and oxygen atoms in total. The van der Waals surface area contributed by atoms with Crippen LogP contribution >= 0.6 is 0 Å². The summed E-state index contributed by atoms with van der Waals surface area (Å²) in [5.74, 6) is -1.18. The molecule has 1 aromatic heterocycles. The van der Waals surface area contributed by atoms with Crippen LogP contribution in [-0.2, 0) is 11.0 Å². The molecule has 0 aliphatic carbocycles. The van der Waals surface area contributed by atoms with Crippen LogP contribution in [0.15, 0.2) is 30.3 Å². The zero-order valence-corrected chi connectivity index (χ0v) is 13.7. The Balaban J connectivity index is 2.57. The number of hydrogen-bond acceptors (Lipinski definition) is 4. The highest BCUT2D eigenvalue weighted by molar-refractivity contribution is 5.77. The van der Waals surface area contributed by atoms with Crippen LogP contribution < -0.4 is 9.47 Å². The molecule has 0 saturated heterocycles. The summed E-state index contributed by atoms with van der Waals surface area (Å²) in [6, 6.07) is 6.99. The third kappa shape index (κ3) is 4.20. The highest BCUT2D eigenvalue weighted by Crippen LogP contribution is 2.39. The van der Waals surface area contributed by atoms with Crippen LogP contribution in [-0.4, -0.2) is 29.3 Å². The predicted molar refractivity (Wildman–Crippen MR) is 83.7 cm³/mol. The third-order valence-electron chi connectivity index (χ3n) is 3.42. The molecule has 0 aliphatic heterocycles. The van der Waals surface area contributed by atoms with E-state index in [9.17, 15) is 18.0 Å². The second-order valence-corrected chi connectivity index (χ2v) is 5.35. The Bertz CT molecular complexity index is 790. The lowest BCUT2D eigenvalue weighted by Gasteiger charge is -2.17. The molecule has 8 heteroatoms. The van der Waals surface area contributed by atoms with Crippen molar-refractivity contribution >= 4 is 5.97 Å². The van der Waals surface area contributed by atoms with Crippen molar-refractivity contribution in [2.45, 2.75) is 26.1 Å². The number of benzene rings is 1. The first-order chi connectivity index (χ1) is 11.6. The molecule has 1 atom stereocenters. The number of rotatable bonds is 5. The zero-order valence-electron chi connectivity index (χ0n) is 13.7. The molecule has 134 valence electrons. The van der Waals surface area contributed by atoms with Crippen molar-refractivity contribution in [2.75, 3.05) is 7.11 Å². The van der Waals surface area contributed by atoms with Gasteiger partial charge in [0.1, 0.15) is 11.4 Å². The molecular formula is C17H16F3NO4. The van der Waals surface area contributed by atoms with E-state index in [0.717, 1.165) is 11.6 Å². The van der Waals surface area contributed by atoms with E-state index >= 15 is 0 Å². The fraction of sp³-hybridized carbons (Fsp3) is 0.294. The first-order valence-corrected chi connectivity index (χ1v) is 7.26. The van der Waals surface area contributed by atoms with Crippen LogP contribution in [0.25, 0.3) is 11.1 Å². The van der Waals surface area contributed by atoms with E-state index in [1.54, 1.807) is 25.1 Å². The third-order valence-corrected chi connectivity index (χ3v) is 3.42. The number of nitrogens with zero attached hydrogens (tertiary/aromatic N) is 1. The first-order valence-electron chi connectivity index (χ1n) is 7.26. The monoisotopic (exact) mass is 355 g/mol. The number of carboxylic acid groups (broad SMARTS) is 1. The average molecular weight is 355 g/mol. The Morgan fingerprint density at radius 2 is 1.88 bits per heavy atom. The van der Waals surface area contributed by atoms with Crippen molar-refractivity contribution in [2.24, 2.45) is 0 Å². The molecule has 0 spiro atoms. The van der Waals surface area contributed by atoms with Gasteiger partial charge in [-0.05, 0) is 38.1 Å². The standard InChI is InChI=1S/C17H16F3NO4/c1-9-4-6-13(25-10(2)16(22)23)12(8-9)11-5-7-14(17(18,19)20)21-15(11)24-3/h4-8,10H,1-3H3,(H,22,23). The number of pyridine rings is 1. The number of methoxy groups -OCH3 is 1. The summed E-state index contributed by atoms with van der Waals surface area (Å²) in [6.45, 7) is 3.14. The Labute approximate surface area is 142 Å².